The summed E-state index contributed by atoms with van der Waals surface area (Å²) in [4.78, 5) is 6.64. The van der Waals surface area contributed by atoms with Crippen LogP contribution in [-0.2, 0) is 13.1 Å². The van der Waals surface area contributed by atoms with Gasteiger partial charge in [-0.2, -0.15) is 0 Å². The lowest BCUT2D eigenvalue weighted by atomic mass is 10.1. The molecule has 0 radical (unpaired) electrons. The number of rotatable bonds is 6. The van der Waals surface area contributed by atoms with E-state index in [1.165, 1.54) is 0 Å². The van der Waals surface area contributed by atoms with Crippen LogP contribution < -0.4 is 5.73 Å². The second-order valence-electron chi connectivity index (χ2n) is 4.81. The highest BCUT2D eigenvalue weighted by atomic mass is 16.4. The molecule has 3 N–H and O–H groups in total. The highest BCUT2D eigenvalue weighted by Crippen LogP contribution is 2.10. The summed E-state index contributed by atoms with van der Waals surface area (Å²) < 4.78 is 0. The van der Waals surface area contributed by atoms with Crippen LogP contribution in [0.5, 0.6) is 0 Å². The first-order chi connectivity index (χ1) is 10.2. The third-order valence-corrected chi connectivity index (χ3v) is 3.30. The first kappa shape index (κ1) is 15.0. The number of benzene rings is 1. The van der Waals surface area contributed by atoms with Gasteiger partial charge in [0.2, 0.25) is 0 Å². The second-order valence-corrected chi connectivity index (χ2v) is 4.81. The standard InChI is InChI=1S/C16H20N4O/c1-2-20(12-15-8-3-4-9-18-15)11-13-6-5-7-14(10-13)16(17)19-21/h3-10,21H,2,11-12H2,1H3,(H2,17,19). The summed E-state index contributed by atoms with van der Waals surface area (Å²) in [6, 6.07) is 13.7. The Bertz CT molecular complexity index is 598. The maximum atomic E-state index is 8.75. The van der Waals surface area contributed by atoms with Crippen LogP contribution in [0.3, 0.4) is 0 Å². The molecule has 0 amide bonds. The Morgan fingerprint density at radius 2 is 2.10 bits per heavy atom. The SMILES string of the molecule is CCN(Cc1cccc(/C(N)=N/O)c1)Cc1ccccn1. The van der Waals surface area contributed by atoms with Crippen molar-refractivity contribution >= 4 is 5.84 Å². The van der Waals surface area contributed by atoms with E-state index in [1.54, 1.807) is 0 Å². The average molecular weight is 284 g/mol. The van der Waals surface area contributed by atoms with Crippen LogP contribution in [0.2, 0.25) is 0 Å². The van der Waals surface area contributed by atoms with Crippen molar-refractivity contribution < 1.29 is 5.21 Å². The number of hydrogen-bond donors (Lipinski definition) is 2. The molecule has 1 heterocycles. The molecule has 0 aliphatic carbocycles. The molecule has 0 fully saturated rings. The van der Waals surface area contributed by atoms with Crippen LogP contribution in [0, 0.1) is 0 Å². The third-order valence-electron chi connectivity index (χ3n) is 3.30. The topological polar surface area (TPSA) is 74.7 Å². The van der Waals surface area contributed by atoms with E-state index in [0.717, 1.165) is 36.5 Å². The minimum atomic E-state index is 0.129. The van der Waals surface area contributed by atoms with Gasteiger partial charge in [-0.15, -0.1) is 0 Å². The lowest BCUT2D eigenvalue weighted by Crippen LogP contribution is -2.23. The fourth-order valence-electron chi connectivity index (χ4n) is 2.15. The summed E-state index contributed by atoms with van der Waals surface area (Å²) in [5, 5.41) is 11.8. The zero-order chi connectivity index (χ0) is 15.1. The molecule has 2 rings (SSSR count). The van der Waals surface area contributed by atoms with Crippen molar-refractivity contribution in [3.05, 3.63) is 65.5 Å². The van der Waals surface area contributed by atoms with E-state index in [2.05, 4.69) is 22.0 Å². The lowest BCUT2D eigenvalue weighted by molar-refractivity contribution is 0.268. The number of aromatic nitrogens is 1. The van der Waals surface area contributed by atoms with E-state index in [4.69, 9.17) is 10.9 Å². The van der Waals surface area contributed by atoms with Gasteiger partial charge in [0.25, 0.3) is 0 Å². The van der Waals surface area contributed by atoms with Gasteiger partial charge < -0.3 is 10.9 Å². The maximum Gasteiger partial charge on any atom is 0.170 e. The van der Waals surface area contributed by atoms with Crippen molar-refractivity contribution in [1.82, 2.24) is 9.88 Å². The first-order valence-corrected chi connectivity index (χ1v) is 6.92. The van der Waals surface area contributed by atoms with Crippen LogP contribution in [0.25, 0.3) is 0 Å². The quantitative estimate of drug-likeness (QED) is 0.369. The molecule has 5 nitrogen and oxygen atoms in total. The van der Waals surface area contributed by atoms with Gasteiger partial charge >= 0.3 is 0 Å². The molecule has 0 spiro atoms. The number of oxime groups is 1. The normalized spacial score (nSPS) is 11.8. The Kier molecular flexibility index (Phi) is 5.29. The van der Waals surface area contributed by atoms with Crippen LogP contribution in [0.4, 0.5) is 0 Å². The molecular weight excluding hydrogens is 264 g/mol. The van der Waals surface area contributed by atoms with Gasteiger partial charge in [0.05, 0.1) is 5.69 Å². The lowest BCUT2D eigenvalue weighted by Gasteiger charge is -2.20. The van der Waals surface area contributed by atoms with Crippen LogP contribution in [-0.4, -0.2) is 27.5 Å². The van der Waals surface area contributed by atoms with Gasteiger partial charge in [-0.05, 0) is 30.3 Å². The molecule has 0 aliphatic heterocycles. The molecule has 1 aromatic carbocycles. The van der Waals surface area contributed by atoms with Crippen molar-refractivity contribution in [1.29, 1.82) is 0 Å². The molecule has 0 bridgehead atoms. The van der Waals surface area contributed by atoms with E-state index in [0.29, 0.717) is 0 Å². The van der Waals surface area contributed by atoms with Crippen molar-refractivity contribution in [3.63, 3.8) is 0 Å². The molecule has 0 saturated heterocycles. The fraction of sp³-hybridized carbons (Fsp3) is 0.250. The van der Waals surface area contributed by atoms with Gasteiger partial charge in [0.15, 0.2) is 5.84 Å². The van der Waals surface area contributed by atoms with E-state index >= 15 is 0 Å². The van der Waals surface area contributed by atoms with E-state index in [-0.39, 0.29) is 5.84 Å². The Labute approximate surface area is 124 Å². The summed E-state index contributed by atoms with van der Waals surface area (Å²) >= 11 is 0. The minimum Gasteiger partial charge on any atom is -0.409 e. The molecular formula is C16H20N4O. The molecule has 0 unspecified atom stereocenters. The summed E-state index contributed by atoms with van der Waals surface area (Å²) in [5.74, 6) is 0.129. The summed E-state index contributed by atoms with van der Waals surface area (Å²) in [7, 11) is 0. The van der Waals surface area contributed by atoms with Crippen LogP contribution >= 0.6 is 0 Å². The molecule has 5 heteroatoms. The third kappa shape index (κ3) is 4.29. The highest BCUT2D eigenvalue weighted by molar-refractivity contribution is 5.97. The highest BCUT2D eigenvalue weighted by Gasteiger charge is 2.07. The maximum absolute atomic E-state index is 8.75. The van der Waals surface area contributed by atoms with Crippen molar-refractivity contribution in [3.8, 4) is 0 Å². The molecule has 0 aliphatic rings. The van der Waals surface area contributed by atoms with E-state index in [1.807, 2.05) is 48.7 Å². The van der Waals surface area contributed by atoms with Crippen molar-refractivity contribution in [2.45, 2.75) is 20.0 Å². The summed E-state index contributed by atoms with van der Waals surface area (Å²) in [5.41, 5.74) is 8.52. The van der Waals surface area contributed by atoms with E-state index in [9.17, 15) is 0 Å². The predicted molar refractivity (Wildman–Crippen MR) is 83.0 cm³/mol. The number of pyridine rings is 1. The predicted octanol–water partition coefficient (Wildman–Crippen LogP) is 2.20. The fourth-order valence-corrected chi connectivity index (χ4v) is 2.15. The smallest absolute Gasteiger partial charge is 0.170 e. The number of nitrogens with two attached hydrogens (primary N) is 1. The summed E-state index contributed by atoms with van der Waals surface area (Å²) in [6.45, 7) is 4.63. The molecule has 0 saturated carbocycles. The van der Waals surface area contributed by atoms with Crippen molar-refractivity contribution in [2.24, 2.45) is 10.9 Å². The number of nitrogens with zero attached hydrogens (tertiary/aromatic N) is 3. The minimum absolute atomic E-state index is 0.129. The van der Waals surface area contributed by atoms with Gasteiger partial charge in [0, 0.05) is 24.8 Å². The van der Waals surface area contributed by atoms with Crippen LogP contribution in [0.1, 0.15) is 23.7 Å². The average Bonchev–Trinajstić information content (AvgIpc) is 2.54. The molecule has 0 atom stereocenters. The van der Waals surface area contributed by atoms with Crippen molar-refractivity contribution in [2.75, 3.05) is 6.54 Å². The Hall–Kier alpha value is -2.40. The van der Waals surface area contributed by atoms with Gasteiger partial charge in [-0.1, -0.05) is 36.3 Å². The Morgan fingerprint density at radius 1 is 1.24 bits per heavy atom. The monoisotopic (exact) mass is 284 g/mol. The molecule has 21 heavy (non-hydrogen) atoms. The zero-order valence-corrected chi connectivity index (χ0v) is 12.1. The first-order valence-electron chi connectivity index (χ1n) is 6.92. The largest absolute Gasteiger partial charge is 0.409 e. The molecule has 2 aromatic rings. The number of hydrogen-bond acceptors (Lipinski definition) is 4. The van der Waals surface area contributed by atoms with Gasteiger partial charge in [-0.25, -0.2) is 0 Å². The van der Waals surface area contributed by atoms with Crippen LogP contribution in [0.15, 0.2) is 53.8 Å². The van der Waals surface area contributed by atoms with E-state index < -0.39 is 0 Å². The zero-order valence-electron chi connectivity index (χ0n) is 12.1. The Morgan fingerprint density at radius 3 is 2.76 bits per heavy atom. The summed E-state index contributed by atoms with van der Waals surface area (Å²) in [6.07, 6.45) is 1.81. The number of amidine groups is 1. The van der Waals surface area contributed by atoms with Gasteiger partial charge in [-0.3, -0.25) is 9.88 Å². The van der Waals surface area contributed by atoms with Gasteiger partial charge in [0.1, 0.15) is 0 Å². The second kappa shape index (κ2) is 7.40. The molecule has 1 aromatic heterocycles. The Balaban J connectivity index is 2.08. The molecule has 110 valence electrons.